The Labute approximate surface area is 178 Å². The van der Waals surface area contributed by atoms with Gasteiger partial charge in [-0.15, -0.1) is 0 Å². The highest BCUT2D eigenvalue weighted by Crippen LogP contribution is 2.14. The summed E-state index contributed by atoms with van der Waals surface area (Å²) in [5, 5.41) is 0. The van der Waals surface area contributed by atoms with Crippen molar-refractivity contribution < 1.29 is 19.1 Å². The van der Waals surface area contributed by atoms with Gasteiger partial charge in [0.1, 0.15) is 11.5 Å². The Hall–Kier alpha value is -3.50. The van der Waals surface area contributed by atoms with Crippen LogP contribution in [-0.4, -0.2) is 11.9 Å². The quantitative estimate of drug-likeness (QED) is 0.342. The summed E-state index contributed by atoms with van der Waals surface area (Å²) in [6, 6.07) is 14.1. The molecule has 0 heterocycles. The molecule has 0 fully saturated rings. The molecule has 0 N–H and O–H groups in total. The van der Waals surface area contributed by atoms with E-state index in [1.807, 2.05) is 13.8 Å². The average molecular weight is 402 g/mol. The Kier molecular flexibility index (Phi) is 9.77. The summed E-state index contributed by atoms with van der Waals surface area (Å²) in [5.41, 5.74) is 1.57. The van der Waals surface area contributed by atoms with Crippen molar-refractivity contribution in [3.63, 3.8) is 0 Å². The van der Waals surface area contributed by atoms with E-state index in [-0.39, 0.29) is 11.9 Å². The van der Waals surface area contributed by atoms with E-state index in [2.05, 4.69) is 23.7 Å². The third kappa shape index (κ3) is 8.67. The molecular weight excluding hydrogens is 376 g/mol. The molecule has 2 rings (SSSR count). The zero-order valence-corrected chi connectivity index (χ0v) is 17.5. The molecule has 0 spiro atoms. The van der Waals surface area contributed by atoms with Crippen LogP contribution in [0.25, 0.3) is 0 Å². The molecule has 2 aromatic carbocycles. The summed E-state index contributed by atoms with van der Waals surface area (Å²) < 4.78 is 10.5. The number of ether oxygens (including phenoxy) is 2. The standard InChI is InChI=1S/C26H26O4/c1-3-5-11-25(27)29-23-17-13-21(14-18-23)9-7-8-10-22-15-19-24(20-16-22)30-26(28)12-6-4-2/h13-20H,3-6,11-12H2,1-2H3. The van der Waals surface area contributed by atoms with Crippen LogP contribution < -0.4 is 9.47 Å². The molecule has 30 heavy (non-hydrogen) atoms. The second-order valence-corrected chi connectivity index (χ2v) is 6.70. The predicted octanol–water partition coefficient (Wildman–Crippen LogP) is 5.28. The van der Waals surface area contributed by atoms with Crippen molar-refractivity contribution in [2.75, 3.05) is 0 Å². The molecule has 0 saturated heterocycles. The molecule has 2 aromatic rings. The van der Waals surface area contributed by atoms with Crippen LogP contribution in [0.5, 0.6) is 11.5 Å². The van der Waals surface area contributed by atoms with E-state index in [4.69, 9.17) is 9.47 Å². The number of carbonyl (C=O) groups is 2. The number of hydrogen-bond donors (Lipinski definition) is 0. The van der Waals surface area contributed by atoms with Crippen LogP contribution in [0.1, 0.15) is 63.5 Å². The fraction of sp³-hybridized carbons (Fsp3) is 0.308. The molecule has 0 amide bonds. The predicted molar refractivity (Wildman–Crippen MR) is 117 cm³/mol. The molecule has 0 aliphatic carbocycles. The second-order valence-electron chi connectivity index (χ2n) is 6.70. The maximum absolute atomic E-state index is 11.6. The molecule has 0 unspecified atom stereocenters. The highest BCUT2D eigenvalue weighted by molar-refractivity contribution is 5.72. The molecule has 0 aromatic heterocycles. The highest BCUT2D eigenvalue weighted by Gasteiger charge is 2.04. The SMILES string of the molecule is CCCCC(=O)Oc1ccc(C#CC#Cc2ccc(OC(=O)CCCC)cc2)cc1. The Morgan fingerprint density at radius 2 is 1.03 bits per heavy atom. The van der Waals surface area contributed by atoms with E-state index in [0.717, 1.165) is 36.8 Å². The van der Waals surface area contributed by atoms with Crippen LogP contribution >= 0.6 is 0 Å². The number of unbranched alkanes of at least 4 members (excludes halogenated alkanes) is 2. The van der Waals surface area contributed by atoms with Gasteiger partial charge in [0.15, 0.2) is 0 Å². The molecule has 154 valence electrons. The lowest BCUT2D eigenvalue weighted by molar-refractivity contribution is -0.135. The van der Waals surface area contributed by atoms with Crippen LogP contribution in [0.4, 0.5) is 0 Å². The van der Waals surface area contributed by atoms with Gasteiger partial charge in [-0.25, -0.2) is 0 Å². The van der Waals surface area contributed by atoms with Gasteiger partial charge in [-0.1, -0.05) is 38.5 Å². The van der Waals surface area contributed by atoms with E-state index in [1.165, 1.54) is 0 Å². The first-order valence-corrected chi connectivity index (χ1v) is 10.2. The van der Waals surface area contributed by atoms with Crippen LogP contribution in [-0.2, 0) is 9.59 Å². The highest BCUT2D eigenvalue weighted by atomic mass is 16.5. The summed E-state index contributed by atoms with van der Waals surface area (Å²) in [4.78, 5) is 23.2. The van der Waals surface area contributed by atoms with Crippen molar-refractivity contribution in [1.82, 2.24) is 0 Å². The lowest BCUT2D eigenvalue weighted by Crippen LogP contribution is -2.07. The molecule has 0 atom stereocenters. The second kappa shape index (κ2) is 12.9. The van der Waals surface area contributed by atoms with E-state index >= 15 is 0 Å². The zero-order valence-electron chi connectivity index (χ0n) is 17.5. The number of carbonyl (C=O) groups excluding carboxylic acids is 2. The van der Waals surface area contributed by atoms with E-state index < -0.39 is 0 Å². The number of hydrogen-bond acceptors (Lipinski definition) is 4. The number of rotatable bonds is 8. The monoisotopic (exact) mass is 402 g/mol. The summed E-state index contributed by atoms with van der Waals surface area (Å²) in [6.45, 7) is 4.07. The van der Waals surface area contributed by atoms with E-state index in [1.54, 1.807) is 48.5 Å². The fourth-order valence-electron chi connectivity index (χ4n) is 2.43. The van der Waals surface area contributed by atoms with Crippen molar-refractivity contribution in [3.05, 3.63) is 59.7 Å². The van der Waals surface area contributed by atoms with Gasteiger partial charge in [0.05, 0.1) is 0 Å². The van der Waals surface area contributed by atoms with Crippen molar-refractivity contribution in [1.29, 1.82) is 0 Å². The molecule has 0 aliphatic heterocycles. The van der Waals surface area contributed by atoms with Crippen LogP contribution in [0.15, 0.2) is 48.5 Å². The lowest BCUT2D eigenvalue weighted by atomic mass is 10.2. The molecule has 0 radical (unpaired) electrons. The van der Waals surface area contributed by atoms with Crippen LogP contribution in [0, 0.1) is 23.7 Å². The minimum atomic E-state index is -0.219. The van der Waals surface area contributed by atoms with Gasteiger partial charge in [0.25, 0.3) is 0 Å². The lowest BCUT2D eigenvalue weighted by Gasteiger charge is -2.03. The third-order valence-corrected chi connectivity index (χ3v) is 4.12. The van der Waals surface area contributed by atoms with Gasteiger partial charge in [0, 0.05) is 24.0 Å². The molecule has 0 aliphatic rings. The van der Waals surface area contributed by atoms with Gasteiger partial charge in [-0.2, -0.15) is 0 Å². The largest absolute Gasteiger partial charge is 0.427 e. The van der Waals surface area contributed by atoms with E-state index in [9.17, 15) is 9.59 Å². The summed E-state index contributed by atoms with van der Waals surface area (Å²) >= 11 is 0. The first-order chi connectivity index (χ1) is 14.6. The summed E-state index contributed by atoms with van der Waals surface area (Å²) in [6.07, 6.45) is 4.43. The van der Waals surface area contributed by atoms with Crippen molar-refractivity contribution in [2.24, 2.45) is 0 Å². The van der Waals surface area contributed by atoms with Crippen LogP contribution in [0.2, 0.25) is 0 Å². The molecular formula is C26H26O4. The van der Waals surface area contributed by atoms with Gasteiger partial charge >= 0.3 is 11.9 Å². The normalized spacial score (nSPS) is 9.53. The third-order valence-electron chi connectivity index (χ3n) is 4.12. The minimum absolute atomic E-state index is 0.219. The topological polar surface area (TPSA) is 52.6 Å². The average Bonchev–Trinajstić information content (AvgIpc) is 2.76. The number of esters is 2. The van der Waals surface area contributed by atoms with Gasteiger partial charge in [-0.05, 0) is 73.2 Å². The molecule has 0 bridgehead atoms. The molecule has 0 saturated carbocycles. The van der Waals surface area contributed by atoms with Gasteiger partial charge in [0.2, 0.25) is 0 Å². The Bertz CT molecular complexity index is 867. The maximum atomic E-state index is 11.6. The molecule has 4 nitrogen and oxygen atoms in total. The first-order valence-electron chi connectivity index (χ1n) is 10.2. The first kappa shape index (κ1) is 22.8. The Balaban J connectivity index is 1.87. The Morgan fingerprint density at radius 1 is 0.667 bits per heavy atom. The number of benzene rings is 2. The van der Waals surface area contributed by atoms with Crippen molar-refractivity contribution in [3.8, 4) is 35.2 Å². The maximum Gasteiger partial charge on any atom is 0.311 e. The van der Waals surface area contributed by atoms with Crippen LogP contribution in [0.3, 0.4) is 0 Å². The summed E-state index contributed by atoms with van der Waals surface area (Å²) in [7, 11) is 0. The minimum Gasteiger partial charge on any atom is -0.427 e. The zero-order chi connectivity index (χ0) is 21.6. The van der Waals surface area contributed by atoms with E-state index in [0.29, 0.717) is 24.3 Å². The van der Waals surface area contributed by atoms with Crippen molar-refractivity contribution in [2.45, 2.75) is 52.4 Å². The van der Waals surface area contributed by atoms with Crippen molar-refractivity contribution >= 4 is 11.9 Å². The summed E-state index contributed by atoms with van der Waals surface area (Å²) in [5.74, 6) is 12.1. The fourth-order valence-corrected chi connectivity index (χ4v) is 2.43. The smallest absolute Gasteiger partial charge is 0.311 e. The van der Waals surface area contributed by atoms with Gasteiger partial charge < -0.3 is 9.47 Å². The Morgan fingerprint density at radius 3 is 1.37 bits per heavy atom. The van der Waals surface area contributed by atoms with Gasteiger partial charge in [-0.3, -0.25) is 9.59 Å². The molecule has 4 heteroatoms.